The van der Waals surface area contributed by atoms with Crippen molar-refractivity contribution in [2.75, 3.05) is 13.2 Å². The standard InChI is InChI=1S/C42H62O19/c1-17-28(47)29(48)32(51)37(56-17)60-35-25(15-44)59-39(34(53)31(35)50)61-36-24(14-43)58-38(33(52)30(36)49)57-20-8-10-40(2)19(12-20)5-6-22-21(40)9-11-41(3)27(23(45)13-42(22,41)54)18-4-7-26(46)55-16-18/h4,7,12,16-17,20-25,27-39,43-45,47-54H,5-6,8-11,13-15H2,1-3H3/t17-,20-,21-,22-,23-,24+,25+,27-,28-,29+,30-,31+,32-,33+,34-,35-,36-,37-,38-,39+,40-,41-,42-/m0/s1. The van der Waals surface area contributed by atoms with Crippen molar-refractivity contribution in [2.24, 2.45) is 22.7 Å². The molecular weight excluding hydrogens is 808 g/mol. The first-order valence-corrected chi connectivity index (χ1v) is 21.5. The van der Waals surface area contributed by atoms with Gasteiger partial charge in [-0.1, -0.05) is 25.5 Å². The molecule has 0 spiro atoms. The first-order valence-electron chi connectivity index (χ1n) is 21.5. The van der Waals surface area contributed by atoms with Gasteiger partial charge in [0.1, 0.15) is 67.1 Å². The minimum absolute atomic E-state index is 0.0902. The Morgan fingerprint density at radius 3 is 1.89 bits per heavy atom. The van der Waals surface area contributed by atoms with E-state index in [2.05, 4.69) is 6.92 Å². The van der Waals surface area contributed by atoms with Crippen LogP contribution in [0.5, 0.6) is 0 Å². The lowest BCUT2D eigenvalue weighted by Crippen LogP contribution is -2.66. The molecule has 7 aliphatic rings. The Morgan fingerprint density at radius 2 is 1.30 bits per heavy atom. The average Bonchev–Trinajstić information content (AvgIpc) is 3.45. The molecule has 0 unspecified atom stereocenters. The number of fused-ring (bicyclic) bond motifs is 5. The van der Waals surface area contributed by atoms with Crippen LogP contribution in [0.15, 0.2) is 39.3 Å². The van der Waals surface area contributed by atoms with Crippen LogP contribution in [0.1, 0.15) is 77.2 Å². The fourth-order valence-electron chi connectivity index (χ4n) is 12.2. The number of aliphatic hydroxyl groups excluding tert-OH is 10. The summed E-state index contributed by atoms with van der Waals surface area (Å²) < 4.78 is 40.0. The zero-order valence-corrected chi connectivity index (χ0v) is 34.4. The summed E-state index contributed by atoms with van der Waals surface area (Å²) in [5.74, 6) is -0.372. The second-order valence-corrected chi connectivity index (χ2v) is 18.9. The molecule has 3 saturated carbocycles. The molecule has 1 aromatic rings. The Bertz CT molecular complexity index is 1770. The topological polar surface area (TPSA) is 308 Å². The molecule has 344 valence electrons. The molecule has 3 saturated heterocycles. The molecule has 23 atom stereocenters. The molecule has 11 N–H and O–H groups in total. The Labute approximate surface area is 352 Å². The zero-order valence-electron chi connectivity index (χ0n) is 34.4. The second-order valence-electron chi connectivity index (χ2n) is 18.9. The van der Waals surface area contributed by atoms with Crippen molar-refractivity contribution >= 4 is 0 Å². The summed E-state index contributed by atoms with van der Waals surface area (Å²) >= 11 is 0. The van der Waals surface area contributed by atoms with E-state index >= 15 is 0 Å². The van der Waals surface area contributed by atoms with Gasteiger partial charge in [-0.3, -0.25) is 0 Å². The van der Waals surface area contributed by atoms with Crippen molar-refractivity contribution < 1.29 is 89.0 Å². The predicted octanol–water partition coefficient (Wildman–Crippen LogP) is -2.37. The fraction of sp³-hybridized carbons (Fsp3) is 0.833. The Hall–Kier alpha value is -1.99. The van der Waals surface area contributed by atoms with Crippen molar-refractivity contribution in [1.29, 1.82) is 0 Å². The lowest BCUT2D eigenvalue weighted by Gasteiger charge is -2.61. The molecule has 4 heterocycles. The lowest BCUT2D eigenvalue weighted by atomic mass is 9.45. The quantitative estimate of drug-likeness (QED) is 0.116. The van der Waals surface area contributed by atoms with Gasteiger partial charge in [0.2, 0.25) is 0 Å². The number of allylic oxidation sites excluding steroid dienone is 1. The SMILES string of the molecule is C[C@@H]1O[C@@H](O[C@@H]2[C@H](O)[C@H](O)[C@@H](O[C@@H]3[C@@H](O)[C@@H](O)[C@@H](O[C@@H]4C=C5CC[C@H]6[C@H](CC[C@@]7(C)[C@@H](c8ccc(=O)oc8)[C@@H](O)C[C@]67O)[C@@]5(C)CC4)O[C@@H]3CO)O[C@@H]2CO)[C@@H](O)[C@H](O)[C@H]1O. The van der Waals surface area contributed by atoms with Crippen LogP contribution in [0, 0.1) is 22.7 Å². The smallest absolute Gasteiger partial charge is 0.335 e. The van der Waals surface area contributed by atoms with E-state index in [1.807, 2.05) is 13.0 Å². The largest absolute Gasteiger partial charge is 0.431 e. The predicted molar refractivity (Wildman–Crippen MR) is 205 cm³/mol. The molecule has 61 heavy (non-hydrogen) atoms. The van der Waals surface area contributed by atoms with Gasteiger partial charge in [0.05, 0.1) is 43.4 Å². The van der Waals surface area contributed by atoms with Gasteiger partial charge in [0.15, 0.2) is 18.9 Å². The molecule has 0 bridgehead atoms. The normalized spacial score (nSPS) is 52.5. The summed E-state index contributed by atoms with van der Waals surface area (Å²) in [5, 5.41) is 120. The Balaban J connectivity index is 0.910. The molecule has 1 aromatic heterocycles. The average molecular weight is 871 g/mol. The van der Waals surface area contributed by atoms with E-state index in [9.17, 15) is 61.0 Å². The summed E-state index contributed by atoms with van der Waals surface area (Å²) in [5.41, 5.74) is -0.709. The Morgan fingerprint density at radius 1 is 0.705 bits per heavy atom. The van der Waals surface area contributed by atoms with E-state index in [0.29, 0.717) is 37.7 Å². The highest BCUT2D eigenvalue weighted by Gasteiger charge is 2.69. The molecule has 6 fully saturated rings. The molecule has 0 radical (unpaired) electrons. The summed E-state index contributed by atoms with van der Waals surface area (Å²) in [6.45, 7) is 4.16. The number of hydrogen-bond acceptors (Lipinski definition) is 19. The van der Waals surface area contributed by atoms with Gasteiger partial charge in [-0.15, -0.1) is 0 Å². The highest BCUT2D eigenvalue weighted by Crippen LogP contribution is 2.70. The number of rotatable bonds is 9. The van der Waals surface area contributed by atoms with Crippen LogP contribution in [0.25, 0.3) is 0 Å². The number of aliphatic hydroxyl groups is 11. The van der Waals surface area contributed by atoms with Crippen LogP contribution in [-0.2, 0) is 28.4 Å². The molecule has 0 aromatic carbocycles. The molecule has 19 heteroatoms. The monoisotopic (exact) mass is 870 g/mol. The van der Waals surface area contributed by atoms with Crippen LogP contribution in [0.2, 0.25) is 0 Å². The van der Waals surface area contributed by atoms with Crippen molar-refractivity contribution in [3.63, 3.8) is 0 Å². The minimum Gasteiger partial charge on any atom is -0.431 e. The first-order chi connectivity index (χ1) is 28.9. The van der Waals surface area contributed by atoms with Gasteiger partial charge in [0.25, 0.3) is 0 Å². The van der Waals surface area contributed by atoms with Crippen LogP contribution < -0.4 is 5.63 Å². The fourth-order valence-corrected chi connectivity index (χ4v) is 12.2. The third-order valence-electron chi connectivity index (χ3n) is 15.7. The van der Waals surface area contributed by atoms with E-state index < -0.39 is 140 Å². The maximum absolute atomic E-state index is 12.6. The van der Waals surface area contributed by atoms with E-state index in [-0.39, 0.29) is 23.7 Å². The zero-order chi connectivity index (χ0) is 43.9. The van der Waals surface area contributed by atoms with Crippen molar-refractivity contribution in [3.8, 4) is 0 Å². The minimum atomic E-state index is -1.90. The first kappa shape index (κ1) is 45.6. The van der Waals surface area contributed by atoms with E-state index in [1.54, 1.807) is 6.07 Å². The van der Waals surface area contributed by atoms with Gasteiger partial charge in [-0.05, 0) is 74.3 Å². The highest BCUT2D eigenvalue weighted by atomic mass is 16.8. The maximum atomic E-state index is 12.6. The van der Waals surface area contributed by atoms with Crippen LogP contribution in [0.3, 0.4) is 0 Å². The molecular formula is C42H62O19. The molecule has 8 rings (SSSR count). The van der Waals surface area contributed by atoms with Gasteiger partial charge >= 0.3 is 5.63 Å². The molecule has 3 aliphatic heterocycles. The molecule has 0 amide bonds. The maximum Gasteiger partial charge on any atom is 0.335 e. The van der Waals surface area contributed by atoms with Crippen LogP contribution in [0.4, 0.5) is 0 Å². The van der Waals surface area contributed by atoms with E-state index in [1.165, 1.54) is 19.3 Å². The summed E-state index contributed by atoms with van der Waals surface area (Å²) in [7, 11) is 0. The van der Waals surface area contributed by atoms with Crippen LogP contribution in [-0.4, -0.2) is 179 Å². The van der Waals surface area contributed by atoms with Crippen LogP contribution >= 0.6 is 0 Å². The van der Waals surface area contributed by atoms with Gasteiger partial charge in [-0.2, -0.15) is 0 Å². The van der Waals surface area contributed by atoms with Crippen molar-refractivity contribution in [2.45, 2.75) is 182 Å². The van der Waals surface area contributed by atoms with E-state index in [4.69, 9.17) is 32.8 Å². The molecule has 19 nitrogen and oxygen atoms in total. The highest BCUT2D eigenvalue weighted by molar-refractivity contribution is 5.32. The number of hydrogen-bond donors (Lipinski definition) is 11. The Kier molecular flexibility index (Phi) is 12.8. The molecule has 4 aliphatic carbocycles. The third kappa shape index (κ3) is 7.57. The third-order valence-corrected chi connectivity index (χ3v) is 15.7. The second kappa shape index (κ2) is 17.1. The summed E-state index contributed by atoms with van der Waals surface area (Å²) in [6, 6.07) is 3.02. The number of ether oxygens (including phenoxy) is 6. The van der Waals surface area contributed by atoms with E-state index in [0.717, 1.165) is 12.0 Å². The van der Waals surface area contributed by atoms with Gasteiger partial charge < -0.3 is 89.0 Å². The van der Waals surface area contributed by atoms with Crippen molar-refractivity contribution in [3.05, 3.63) is 46.0 Å². The lowest BCUT2D eigenvalue weighted by molar-refractivity contribution is -0.379. The summed E-state index contributed by atoms with van der Waals surface area (Å²) in [6.07, 6.45) is -17.2. The van der Waals surface area contributed by atoms with Gasteiger partial charge in [-0.25, -0.2) is 4.79 Å². The summed E-state index contributed by atoms with van der Waals surface area (Å²) in [4.78, 5) is 11.7. The van der Waals surface area contributed by atoms with Gasteiger partial charge in [0, 0.05) is 23.8 Å². The van der Waals surface area contributed by atoms with Crippen molar-refractivity contribution in [1.82, 2.24) is 0 Å².